The molecule has 0 aliphatic carbocycles. The van der Waals surface area contributed by atoms with Crippen LogP contribution in [0, 0.1) is 17.2 Å². The molecule has 0 fully saturated rings. The number of carbonyl (C=O) groups is 1. The molecule has 0 bridgehead atoms. The van der Waals surface area contributed by atoms with Crippen LogP contribution in [0.4, 0.5) is 0 Å². The molecule has 0 aliphatic rings. The lowest BCUT2D eigenvalue weighted by Gasteiger charge is -2.27. The summed E-state index contributed by atoms with van der Waals surface area (Å²) >= 11 is 0. The Bertz CT molecular complexity index is 669. The summed E-state index contributed by atoms with van der Waals surface area (Å²) in [6.45, 7) is 5.56. The highest BCUT2D eigenvalue weighted by Gasteiger charge is 2.30. The molecular weight excluding hydrogens is 254 g/mol. The lowest BCUT2D eigenvalue weighted by Crippen LogP contribution is -2.49. The van der Waals surface area contributed by atoms with E-state index in [0.29, 0.717) is 0 Å². The van der Waals surface area contributed by atoms with Gasteiger partial charge in [-0.25, -0.2) is 4.68 Å². The predicted octanol–water partition coefficient (Wildman–Crippen LogP) is 1.49. The van der Waals surface area contributed by atoms with Crippen LogP contribution in [-0.4, -0.2) is 26.4 Å². The number of carbonyl (C=O) groups excluding carboxylic acids is 1. The number of amides is 1. The molecule has 2 rings (SSSR count). The van der Waals surface area contributed by atoms with Crippen molar-refractivity contribution in [3.8, 4) is 6.07 Å². The molecule has 0 saturated heterocycles. The van der Waals surface area contributed by atoms with E-state index < -0.39 is 5.54 Å². The van der Waals surface area contributed by atoms with Crippen LogP contribution in [0.2, 0.25) is 0 Å². The van der Waals surface area contributed by atoms with Gasteiger partial charge in [0, 0.05) is 0 Å². The molecule has 0 saturated carbocycles. The first-order chi connectivity index (χ1) is 9.46. The van der Waals surface area contributed by atoms with E-state index in [1.165, 1.54) is 4.68 Å². The second-order valence-electron chi connectivity index (χ2n) is 5.25. The summed E-state index contributed by atoms with van der Waals surface area (Å²) < 4.78 is 1.53. The number of fused-ring (bicyclic) bond motifs is 1. The van der Waals surface area contributed by atoms with Crippen molar-refractivity contribution in [2.75, 3.05) is 0 Å². The van der Waals surface area contributed by atoms with E-state index in [9.17, 15) is 10.1 Å². The quantitative estimate of drug-likeness (QED) is 0.913. The number of nitriles is 1. The average Bonchev–Trinajstić information content (AvgIpc) is 2.82. The smallest absolute Gasteiger partial charge is 0.243 e. The molecule has 0 unspecified atom stereocenters. The molecule has 1 atom stereocenters. The van der Waals surface area contributed by atoms with Crippen molar-refractivity contribution in [3.05, 3.63) is 24.3 Å². The third-order valence-electron chi connectivity index (χ3n) is 3.50. The third-order valence-corrected chi connectivity index (χ3v) is 3.50. The van der Waals surface area contributed by atoms with Crippen molar-refractivity contribution in [2.45, 2.75) is 32.9 Å². The molecule has 0 aliphatic heterocycles. The predicted molar refractivity (Wildman–Crippen MR) is 74.5 cm³/mol. The van der Waals surface area contributed by atoms with E-state index in [0.717, 1.165) is 11.0 Å². The van der Waals surface area contributed by atoms with Crippen LogP contribution < -0.4 is 5.32 Å². The van der Waals surface area contributed by atoms with Gasteiger partial charge in [0.15, 0.2) is 0 Å². The van der Waals surface area contributed by atoms with Gasteiger partial charge in [0.05, 0.1) is 11.6 Å². The summed E-state index contributed by atoms with van der Waals surface area (Å²) in [5.74, 6) is -0.234. The Morgan fingerprint density at radius 1 is 1.50 bits per heavy atom. The van der Waals surface area contributed by atoms with Crippen LogP contribution in [0.1, 0.15) is 20.8 Å². The number of hydrogen-bond acceptors (Lipinski definition) is 4. The minimum atomic E-state index is -0.881. The van der Waals surface area contributed by atoms with Crippen LogP contribution in [0.5, 0.6) is 0 Å². The monoisotopic (exact) mass is 271 g/mol. The zero-order valence-corrected chi connectivity index (χ0v) is 11.8. The normalized spacial score (nSPS) is 13.9. The second kappa shape index (κ2) is 5.29. The van der Waals surface area contributed by atoms with Crippen molar-refractivity contribution in [1.29, 1.82) is 5.26 Å². The van der Waals surface area contributed by atoms with Crippen LogP contribution in [0.3, 0.4) is 0 Å². The zero-order chi connectivity index (χ0) is 14.8. The molecule has 1 amide bonds. The fourth-order valence-corrected chi connectivity index (χ4v) is 1.80. The average molecular weight is 271 g/mol. The van der Waals surface area contributed by atoms with E-state index in [4.69, 9.17) is 0 Å². The van der Waals surface area contributed by atoms with E-state index in [2.05, 4.69) is 21.7 Å². The second-order valence-corrected chi connectivity index (χ2v) is 5.25. The molecule has 20 heavy (non-hydrogen) atoms. The van der Waals surface area contributed by atoms with Gasteiger partial charge in [-0.1, -0.05) is 31.2 Å². The molecule has 6 nitrogen and oxygen atoms in total. The molecule has 0 radical (unpaired) electrons. The third kappa shape index (κ3) is 2.62. The van der Waals surface area contributed by atoms with Gasteiger partial charge in [0.1, 0.15) is 17.6 Å². The molecule has 0 spiro atoms. The molecule has 104 valence electrons. The molecular formula is C14H17N5O. The standard InChI is InChI=1S/C14H17N5O/c1-10(2)14(3,9-15)16-13(20)8-19-12-7-5-4-6-11(12)17-18-19/h4-7,10H,8H2,1-3H3,(H,16,20)/t14-/m1/s1. The fourth-order valence-electron chi connectivity index (χ4n) is 1.80. The Balaban J connectivity index is 2.15. The Morgan fingerprint density at radius 2 is 2.20 bits per heavy atom. The summed E-state index contributed by atoms with van der Waals surface area (Å²) in [6.07, 6.45) is 0. The Kier molecular flexibility index (Phi) is 3.70. The van der Waals surface area contributed by atoms with Gasteiger partial charge in [-0.2, -0.15) is 5.26 Å². The Morgan fingerprint density at radius 3 is 2.85 bits per heavy atom. The number of para-hydroxylation sites is 1. The van der Waals surface area contributed by atoms with Gasteiger partial charge >= 0.3 is 0 Å². The maximum atomic E-state index is 12.1. The van der Waals surface area contributed by atoms with Gasteiger partial charge in [0.25, 0.3) is 0 Å². The highest BCUT2D eigenvalue weighted by molar-refractivity contribution is 5.80. The van der Waals surface area contributed by atoms with Gasteiger partial charge in [-0.15, -0.1) is 5.10 Å². The van der Waals surface area contributed by atoms with E-state index >= 15 is 0 Å². The molecule has 1 N–H and O–H groups in total. The lowest BCUT2D eigenvalue weighted by atomic mass is 9.90. The van der Waals surface area contributed by atoms with Crippen molar-refractivity contribution in [3.63, 3.8) is 0 Å². The molecule has 1 aromatic carbocycles. The van der Waals surface area contributed by atoms with Gasteiger partial charge in [-0.05, 0) is 25.0 Å². The summed E-state index contributed by atoms with van der Waals surface area (Å²) in [7, 11) is 0. The maximum Gasteiger partial charge on any atom is 0.243 e. The van der Waals surface area contributed by atoms with Crippen molar-refractivity contribution >= 4 is 16.9 Å². The summed E-state index contributed by atoms with van der Waals surface area (Å²) in [5.41, 5.74) is 0.658. The zero-order valence-electron chi connectivity index (χ0n) is 11.8. The van der Waals surface area contributed by atoms with Crippen molar-refractivity contribution < 1.29 is 4.79 Å². The molecule has 1 heterocycles. The number of nitrogens with zero attached hydrogens (tertiary/aromatic N) is 4. The van der Waals surface area contributed by atoms with E-state index in [1.54, 1.807) is 6.92 Å². The topological polar surface area (TPSA) is 83.6 Å². The number of benzene rings is 1. The van der Waals surface area contributed by atoms with Gasteiger partial charge in [0.2, 0.25) is 5.91 Å². The first-order valence-electron chi connectivity index (χ1n) is 6.47. The van der Waals surface area contributed by atoms with Crippen molar-refractivity contribution in [2.24, 2.45) is 5.92 Å². The number of hydrogen-bond donors (Lipinski definition) is 1. The highest BCUT2D eigenvalue weighted by atomic mass is 16.2. The summed E-state index contributed by atoms with van der Waals surface area (Å²) in [4.78, 5) is 12.1. The highest BCUT2D eigenvalue weighted by Crippen LogP contribution is 2.15. The van der Waals surface area contributed by atoms with Crippen molar-refractivity contribution in [1.82, 2.24) is 20.3 Å². The number of nitrogens with one attached hydrogen (secondary N) is 1. The number of rotatable bonds is 4. The maximum absolute atomic E-state index is 12.1. The van der Waals surface area contributed by atoms with Gasteiger partial charge < -0.3 is 5.32 Å². The lowest BCUT2D eigenvalue weighted by molar-refractivity contribution is -0.123. The Hall–Kier alpha value is -2.42. The van der Waals surface area contributed by atoms with Crippen LogP contribution in [0.15, 0.2) is 24.3 Å². The fraction of sp³-hybridized carbons (Fsp3) is 0.429. The number of aromatic nitrogens is 3. The Labute approximate surface area is 117 Å². The SMILES string of the molecule is CC(C)[C@@](C)(C#N)NC(=O)Cn1nnc2ccccc21. The van der Waals surface area contributed by atoms with Gasteiger partial charge in [-0.3, -0.25) is 4.79 Å². The minimum absolute atomic E-state index is 0.0175. The summed E-state index contributed by atoms with van der Waals surface area (Å²) in [5, 5.41) is 19.9. The largest absolute Gasteiger partial charge is 0.336 e. The van der Waals surface area contributed by atoms with E-state index in [1.807, 2.05) is 38.1 Å². The first-order valence-corrected chi connectivity index (χ1v) is 6.47. The molecule has 2 aromatic rings. The van der Waals surface area contributed by atoms with Crippen LogP contribution in [-0.2, 0) is 11.3 Å². The molecule has 6 heteroatoms. The van der Waals surface area contributed by atoms with Crippen LogP contribution >= 0.6 is 0 Å². The molecule has 1 aromatic heterocycles. The summed E-state index contributed by atoms with van der Waals surface area (Å²) in [6, 6.07) is 9.58. The first kappa shape index (κ1) is 14.0. The minimum Gasteiger partial charge on any atom is -0.336 e. The van der Waals surface area contributed by atoms with Crippen LogP contribution in [0.25, 0.3) is 11.0 Å². The van der Waals surface area contributed by atoms with E-state index in [-0.39, 0.29) is 18.4 Å².